The minimum Gasteiger partial charge on any atom is -0.388 e. The SMILES string of the molecule is O=C1C=CC(=O)O1.OC1CCOC1O. The molecule has 0 saturated carbocycles. The predicted molar refractivity (Wildman–Crippen MR) is 42.8 cm³/mol. The second-order valence-electron chi connectivity index (χ2n) is 2.69. The minimum absolute atomic E-state index is 0.475. The lowest BCUT2D eigenvalue weighted by Crippen LogP contribution is -2.18. The van der Waals surface area contributed by atoms with E-state index in [1.54, 1.807) is 0 Å². The Balaban J connectivity index is 0.000000140. The summed E-state index contributed by atoms with van der Waals surface area (Å²) in [4.78, 5) is 19.8. The molecule has 0 aromatic carbocycles. The van der Waals surface area contributed by atoms with Gasteiger partial charge in [0.2, 0.25) is 0 Å². The van der Waals surface area contributed by atoms with E-state index in [4.69, 9.17) is 10.2 Å². The van der Waals surface area contributed by atoms with Gasteiger partial charge in [0.15, 0.2) is 6.29 Å². The van der Waals surface area contributed by atoms with E-state index in [-0.39, 0.29) is 0 Å². The van der Waals surface area contributed by atoms with Crippen molar-refractivity contribution in [3.63, 3.8) is 0 Å². The number of esters is 2. The second-order valence-corrected chi connectivity index (χ2v) is 2.69. The highest BCUT2D eigenvalue weighted by Gasteiger charge is 2.22. The number of aliphatic hydroxyl groups excluding tert-OH is 2. The molecule has 1 saturated heterocycles. The van der Waals surface area contributed by atoms with Crippen molar-refractivity contribution in [1.82, 2.24) is 0 Å². The fourth-order valence-electron chi connectivity index (χ4n) is 0.866. The first kappa shape index (κ1) is 10.8. The number of hydrogen-bond donors (Lipinski definition) is 2. The van der Waals surface area contributed by atoms with Crippen LogP contribution in [-0.2, 0) is 19.1 Å². The van der Waals surface area contributed by atoms with Gasteiger partial charge in [-0.1, -0.05) is 0 Å². The molecule has 0 amide bonds. The number of ether oxygens (including phenoxy) is 2. The second kappa shape index (κ2) is 4.85. The molecule has 0 aromatic rings. The summed E-state index contributed by atoms with van der Waals surface area (Å²) in [5.41, 5.74) is 0. The summed E-state index contributed by atoms with van der Waals surface area (Å²) in [5, 5.41) is 17.1. The lowest BCUT2D eigenvalue weighted by atomic mass is 10.3. The summed E-state index contributed by atoms with van der Waals surface area (Å²) >= 11 is 0. The number of carbonyl (C=O) groups is 2. The third-order valence-corrected chi connectivity index (χ3v) is 1.59. The van der Waals surface area contributed by atoms with Gasteiger partial charge in [-0.15, -0.1) is 0 Å². The van der Waals surface area contributed by atoms with Crippen LogP contribution in [0.3, 0.4) is 0 Å². The maximum absolute atomic E-state index is 9.92. The highest BCUT2D eigenvalue weighted by Crippen LogP contribution is 2.08. The largest absolute Gasteiger partial charge is 0.388 e. The minimum atomic E-state index is -0.931. The van der Waals surface area contributed by atoms with E-state index in [1.807, 2.05) is 0 Å². The normalized spacial score (nSPS) is 29.9. The summed E-state index contributed by atoms with van der Waals surface area (Å²) in [6.07, 6.45) is 1.14. The Morgan fingerprint density at radius 3 is 1.93 bits per heavy atom. The number of cyclic esters (lactones) is 2. The van der Waals surface area contributed by atoms with Crippen molar-refractivity contribution in [2.24, 2.45) is 0 Å². The number of rotatable bonds is 0. The molecule has 78 valence electrons. The van der Waals surface area contributed by atoms with Crippen LogP contribution in [0.5, 0.6) is 0 Å². The van der Waals surface area contributed by atoms with Gasteiger partial charge in [-0.3, -0.25) is 0 Å². The highest BCUT2D eigenvalue weighted by molar-refractivity contribution is 6.04. The molecule has 2 aliphatic heterocycles. The molecule has 2 heterocycles. The molecule has 2 atom stereocenters. The van der Waals surface area contributed by atoms with Gasteiger partial charge >= 0.3 is 11.9 Å². The Labute approximate surface area is 79.7 Å². The molecule has 2 rings (SSSR count). The van der Waals surface area contributed by atoms with Crippen molar-refractivity contribution in [1.29, 1.82) is 0 Å². The number of hydrogen-bond acceptors (Lipinski definition) is 6. The summed E-state index contributed by atoms with van der Waals surface area (Å²) in [5.74, 6) is -1.16. The van der Waals surface area contributed by atoms with E-state index in [1.165, 1.54) is 0 Å². The quantitative estimate of drug-likeness (QED) is 0.375. The van der Waals surface area contributed by atoms with Gasteiger partial charge in [-0.25, -0.2) is 9.59 Å². The Bertz CT molecular complexity index is 235. The van der Waals surface area contributed by atoms with Crippen molar-refractivity contribution in [3.8, 4) is 0 Å². The van der Waals surface area contributed by atoms with Crippen molar-refractivity contribution >= 4 is 11.9 Å². The number of aliphatic hydroxyl groups is 2. The molecule has 0 aliphatic carbocycles. The molecule has 0 spiro atoms. The Kier molecular flexibility index (Phi) is 3.75. The van der Waals surface area contributed by atoms with Crippen LogP contribution in [0.1, 0.15) is 6.42 Å². The van der Waals surface area contributed by atoms with Crippen LogP contribution in [0.4, 0.5) is 0 Å². The Morgan fingerprint density at radius 1 is 1.21 bits per heavy atom. The summed E-state index contributed by atoms with van der Waals surface area (Å²) in [7, 11) is 0. The van der Waals surface area contributed by atoms with Gasteiger partial charge in [-0.2, -0.15) is 0 Å². The van der Waals surface area contributed by atoms with E-state index in [0.717, 1.165) is 12.2 Å². The molecule has 1 fully saturated rings. The lowest BCUT2D eigenvalue weighted by molar-refractivity contribution is -0.150. The first-order valence-electron chi connectivity index (χ1n) is 4.01. The van der Waals surface area contributed by atoms with E-state index in [2.05, 4.69) is 9.47 Å². The van der Waals surface area contributed by atoms with Crippen molar-refractivity contribution in [3.05, 3.63) is 12.2 Å². The third kappa shape index (κ3) is 3.25. The molecular formula is C8H10O6. The van der Waals surface area contributed by atoms with Crippen LogP contribution in [0.25, 0.3) is 0 Å². The van der Waals surface area contributed by atoms with Crippen molar-refractivity contribution in [2.45, 2.75) is 18.8 Å². The lowest BCUT2D eigenvalue weighted by Gasteiger charge is -2.02. The number of carbonyl (C=O) groups excluding carboxylic acids is 2. The topological polar surface area (TPSA) is 93.1 Å². The van der Waals surface area contributed by atoms with Crippen molar-refractivity contribution in [2.75, 3.05) is 6.61 Å². The molecule has 14 heavy (non-hydrogen) atoms. The van der Waals surface area contributed by atoms with Crippen LogP contribution in [0.15, 0.2) is 12.2 Å². The molecule has 0 bridgehead atoms. The predicted octanol–water partition coefficient (Wildman–Crippen LogP) is -1.29. The summed E-state index contributed by atoms with van der Waals surface area (Å²) in [6.45, 7) is 0.475. The van der Waals surface area contributed by atoms with E-state index < -0.39 is 24.3 Å². The van der Waals surface area contributed by atoms with Gasteiger partial charge in [0.1, 0.15) is 6.10 Å². The Hall–Kier alpha value is -1.24. The van der Waals surface area contributed by atoms with Crippen LogP contribution < -0.4 is 0 Å². The molecule has 2 unspecified atom stereocenters. The molecule has 2 aliphatic rings. The molecule has 6 nitrogen and oxygen atoms in total. The van der Waals surface area contributed by atoms with E-state index in [0.29, 0.717) is 13.0 Å². The molecule has 0 radical (unpaired) electrons. The molecule has 2 N–H and O–H groups in total. The van der Waals surface area contributed by atoms with Gasteiger partial charge in [0.05, 0.1) is 6.61 Å². The third-order valence-electron chi connectivity index (χ3n) is 1.59. The van der Waals surface area contributed by atoms with Crippen molar-refractivity contribution < 1.29 is 29.3 Å². The molecule has 0 aromatic heterocycles. The maximum atomic E-state index is 9.92. The summed E-state index contributed by atoms with van der Waals surface area (Å²) in [6, 6.07) is 0. The monoisotopic (exact) mass is 202 g/mol. The first-order valence-corrected chi connectivity index (χ1v) is 4.01. The van der Waals surface area contributed by atoms with Gasteiger partial charge in [-0.05, 0) is 0 Å². The van der Waals surface area contributed by atoms with Crippen LogP contribution >= 0.6 is 0 Å². The average molecular weight is 202 g/mol. The van der Waals surface area contributed by atoms with E-state index >= 15 is 0 Å². The average Bonchev–Trinajstić information content (AvgIpc) is 2.65. The zero-order valence-electron chi connectivity index (χ0n) is 7.25. The van der Waals surface area contributed by atoms with Gasteiger partial charge < -0.3 is 19.7 Å². The van der Waals surface area contributed by atoms with Crippen LogP contribution in [0.2, 0.25) is 0 Å². The van der Waals surface area contributed by atoms with Crippen LogP contribution in [0, 0.1) is 0 Å². The standard InChI is InChI=1S/C4H8O3.C4H2O3/c5-3-1-2-7-4(3)6;5-3-1-2-4(6)7-3/h3-6H,1-2H2;1-2H. The summed E-state index contributed by atoms with van der Waals surface area (Å²) < 4.78 is 8.54. The van der Waals surface area contributed by atoms with Gasteiger partial charge in [0, 0.05) is 18.6 Å². The Morgan fingerprint density at radius 2 is 1.79 bits per heavy atom. The smallest absolute Gasteiger partial charge is 0.338 e. The fourth-order valence-corrected chi connectivity index (χ4v) is 0.866. The zero-order chi connectivity index (χ0) is 10.6. The van der Waals surface area contributed by atoms with Crippen LogP contribution in [-0.4, -0.2) is 41.2 Å². The molecular weight excluding hydrogens is 192 g/mol. The first-order chi connectivity index (χ1) is 6.59. The molecule has 6 heteroatoms. The highest BCUT2D eigenvalue weighted by atomic mass is 16.6. The van der Waals surface area contributed by atoms with E-state index in [9.17, 15) is 9.59 Å². The van der Waals surface area contributed by atoms with Gasteiger partial charge in [0.25, 0.3) is 0 Å². The maximum Gasteiger partial charge on any atom is 0.338 e. The fraction of sp³-hybridized carbons (Fsp3) is 0.500. The zero-order valence-corrected chi connectivity index (χ0v) is 7.25.